The molecule has 16 heavy (non-hydrogen) atoms. The molecule has 0 amide bonds. The second kappa shape index (κ2) is 4.81. The number of aliphatic hydroxyl groups excluding tert-OH is 1. The van der Waals surface area contributed by atoms with Crippen LogP contribution in [0.5, 0.6) is 0 Å². The first-order valence-corrected chi connectivity index (χ1v) is 5.67. The Kier molecular flexibility index (Phi) is 4.09. The maximum absolute atomic E-state index is 12.5. The Morgan fingerprint density at radius 2 is 2.00 bits per heavy atom. The molecule has 0 aliphatic heterocycles. The predicted octanol–water partition coefficient (Wildman–Crippen LogP) is 3.37. The van der Waals surface area contributed by atoms with Crippen LogP contribution in [-0.2, 0) is 6.18 Å². The summed E-state index contributed by atoms with van der Waals surface area (Å²) < 4.78 is 37.6. The molecule has 0 heterocycles. The molecule has 1 unspecified atom stereocenters. The minimum Gasteiger partial charge on any atom is -0.397 e. The highest BCUT2D eigenvalue weighted by Crippen LogP contribution is 2.38. The molecule has 1 aromatic carbocycles. The normalized spacial score (nSPS) is 13.9. The number of nitrogen functional groups attached to an aromatic ring is 1. The van der Waals surface area contributed by atoms with E-state index in [1.807, 2.05) is 0 Å². The third kappa shape index (κ3) is 2.81. The summed E-state index contributed by atoms with van der Waals surface area (Å²) in [5, 5.41) is 9.32. The van der Waals surface area contributed by atoms with Gasteiger partial charge < -0.3 is 10.8 Å². The summed E-state index contributed by atoms with van der Waals surface area (Å²) in [5.74, 6) is 0. The molecule has 0 radical (unpaired) electrons. The minimum atomic E-state index is -4.59. The van der Waals surface area contributed by atoms with Crippen molar-refractivity contribution in [2.75, 3.05) is 11.1 Å². The fraction of sp³-hybridized carbons (Fsp3) is 0.333. The number of halogens is 5. The predicted molar refractivity (Wildman–Crippen MR) is 59.6 cm³/mol. The summed E-state index contributed by atoms with van der Waals surface area (Å²) >= 11 is 8.54. The molecule has 1 atom stereocenters. The average molecular weight is 319 g/mol. The van der Waals surface area contributed by atoms with Crippen molar-refractivity contribution < 1.29 is 18.3 Å². The van der Waals surface area contributed by atoms with Gasteiger partial charge in [0, 0.05) is 5.33 Å². The summed E-state index contributed by atoms with van der Waals surface area (Å²) in [6.45, 7) is 0. The van der Waals surface area contributed by atoms with E-state index >= 15 is 0 Å². The van der Waals surface area contributed by atoms with E-state index in [2.05, 4.69) is 15.9 Å². The summed E-state index contributed by atoms with van der Waals surface area (Å²) in [7, 11) is 0. The first-order valence-electron chi connectivity index (χ1n) is 4.17. The topological polar surface area (TPSA) is 46.2 Å². The highest BCUT2D eigenvalue weighted by Gasteiger charge is 2.34. The Bertz CT molecular complexity index is 397. The first kappa shape index (κ1) is 13.6. The molecule has 0 aliphatic carbocycles. The Morgan fingerprint density at radius 3 is 2.44 bits per heavy atom. The van der Waals surface area contributed by atoms with E-state index in [4.69, 9.17) is 17.3 Å². The van der Waals surface area contributed by atoms with Crippen LogP contribution in [0.15, 0.2) is 12.1 Å². The molecule has 1 aromatic rings. The number of anilines is 1. The van der Waals surface area contributed by atoms with E-state index in [1.165, 1.54) is 6.07 Å². The van der Waals surface area contributed by atoms with Crippen molar-refractivity contribution in [3.63, 3.8) is 0 Å². The van der Waals surface area contributed by atoms with Gasteiger partial charge >= 0.3 is 6.18 Å². The van der Waals surface area contributed by atoms with Gasteiger partial charge in [0.25, 0.3) is 0 Å². The van der Waals surface area contributed by atoms with E-state index < -0.39 is 23.5 Å². The molecule has 0 saturated carbocycles. The lowest BCUT2D eigenvalue weighted by Crippen LogP contribution is -2.11. The SMILES string of the molecule is Nc1c(Cl)cc(C(O)CBr)cc1C(F)(F)F. The van der Waals surface area contributed by atoms with Crippen LogP contribution in [-0.4, -0.2) is 10.4 Å². The molecule has 90 valence electrons. The molecule has 0 fully saturated rings. The van der Waals surface area contributed by atoms with E-state index in [0.29, 0.717) is 0 Å². The zero-order valence-corrected chi connectivity index (χ0v) is 10.2. The average Bonchev–Trinajstić information content (AvgIpc) is 2.18. The van der Waals surface area contributed by atoms with Gasteiger partial charge in [0.1, 0.15) is 0 Å². The molecule has 0 aliphatic rings. The monoisotopic (exact) mass is 317 g/mol. The van der Waals surface area contributed by atoms with Gasteiger partial charge in [-0.25, -0.2) is 0 Å². The fourth-order valence-corrected chi connectivity index (χ4v) is 1.76. The van der Waals surface area contributed by atoms with Gasteiger partial charge in [-0.2, -0.15) is 13.2 Å². The Balaban J connectivity index is 3.33. The zero-order chi connectivity index (χ0) is 12.5. The Hall–Kier alpha value is -0.460. The molecule has 1 rings (SSSR count). The molecule has 7 heteroatoms. The van der Waals surface area contributed by atoms with Gasteiger partial charge in [0.05, 0.1) is 22.4 Å². The van der Waals surface area contributed by atoms with Crippen molar-refractivity contribution in [1.82, 2.24) is 0 Å². The lowest BCUT2D eigenvalue weighted by Gasteiger charge is -2.15. The van der Waals surface area contributed by atoms with Gasteiger partial charge in [-0.15, -0.1) is 0 Å². The van der Waals surface area contributed by atoms with Crippen LogP contribution < -0.4 is 5.73 Å². The van der Waals surface area contributed by atoms with Crippen molar-refractivity contribution >= 4 is 33.2 Å². The molecule has 0 saturated heterocycles. The van der Waals surface area contributed by atoms with E-state index in [1.54, 1.807) is 0 Å². The Labute approximate surface area is 103 Å². The lowest BCUT2D eigenvalue weighted by atomic mass is 10.0. The van der Waals surface area contributed by atoms with Crippen LogP contribution in [0.2, 0.25) is 5.02 Å². The quantitative estimate of drug-likeness (QED) is 0.649. The van der Waals surface area contributed by atoms with Crippen LogP contribution in [0.3, 0.4) is 0 Å². The summed E-state index contributed by atoms with van der Waals surface area (Å²) in [6, 6.07) is 2.02. The number of hydrogen-bond acceptors (Lipinski definition) is 2. The number of nitrogens with two attached hydrogens (primary N) is 1. The summed E-state index contributed by atoms with van der Waals surface area (Å²) in [6.07, 6.45) is -5.64. The number of hydrogen-bond donors (Lipinski definition) is 2. The van der Waals surface area contributed by atoms with Crippen molar-refractivity contribution in [3.8, 4) is 0 Å². The van der Waals surface area contributed by atoms with Gasteiger partial charge in [-0.05, 0) is 17.7 Å². The molecule has 3 N–H and O–H groups in total. The van der Waals surface area contributed by atoms with Crippen LogP contribution in [0.25, 0.3) is 0 Å². The van der Waals surface area contributed by atoms with Crippen LogP contribution in [0, 0.1) is 0 Å². The molecular weight excluding hydrogens is 310 g/mol. The highest BCUT2D eigenvalue weighted by molar-refractivity contribution is 9.09. The standard InChI is InChI=1S/C9H8BrClF3NO/c10-3-7(16)4-1-5(9(12,13)14)8(15)6(11)2-4/h1-2,7,16H,3,15H2. The maximum Gasteiger partial charge on any atom is 0.418 e. The number of rotatable bonds is 2. The van der Waals surface area contributed by atoms with Gasteiger partial charge in [0.2, 0.25) is 0 Å². The molecule has 0 spiro atoms. The van der Waals surface area contributed by atoms with E-state index in [-0.39, 0.29) is 15.9 Å². The zero-order valence-electron chi connectivity index (χ0n) is 7.85. The van der Waals surface area contributed by atoms with Crippen molar-refractivity contribution in [1.29, 1.82) is 0 Å². The Morgan fingerprint density at radius 1 is 1.44 bits per heavy atom. The largest absolute Gasteiger partial charge is 0.418 e. The van der Waals surface area contributed by atoms with Crippen molar-refractivity contribution in [2.45, 2.75) is 12.3 Å². The molecule has 0 aromatic heterocycles. The number of aliphatic hydroxyl groups is 1. The fourth-order valence-electron chi connectivity index (χ4n) is 1.15. The van der Waals surface area contributed by atoms with Gasteiger partial charge in [0.15, 0.2) is 0 Å². The van der Waals surface area contributed by atoms with Crippen molar-refractivity contribution in [2.24, 2.45) is 0 Å². The summed E-state index contributed by atoms with van der Waals surface area (Å²) in [5.41, 5.74) is 3.75. The van der Waals surface area contributed by atoms with E-state index in [9.17, 15) is 18.3 Å². The smallest absolute Gasteiger partial charge is 0.397 e. The molecular formula is C9H8BrClF3NO. The number of alkyl halides is 4. The molecule has 2 nitrogen and oxygen atoms in total. The highest BCUT2D eigenvalue weighted by atomic mass is 79.9. The summed E-state index contributed by atoms with van der Waals surface area (Å²) in [4.78, 5) is 0. The van der Waals surface area contributed by atoms with Crippen molar-refractivity contribution in [3.05, 3.63) is 28.3 Å². The van der Waals surface area contributed by atoms with Crippen LogP contribution >= 0.6 is 27.5 Å². The van der Waals surface area contributed by atoms with Crippen LogP contribution in [0.4, 0.5) is 18.9 Å². The maximum atomic E-state index is 12.5. The molecule has 0 bridgehead atoms. The first-order chi connectivity index (χ1) is 7.27. The second-order valence-corrected chi connectivity index (χ2v) is 4.19. The minimum absolute atomic E-state index is 0.0726. The van der Waals surface area contributed by atoms with E-state index in [0.717, 1.165) is 6.07 Å². The van der Waals surface area contributed by atoms with Crippen LogP contribution in [0.1, 0.15) is 17.2 Å². The van der Waals surface area contributed by atoms with Gasteiger partial charge in [-0.3, -0.25) is 0 Å². The third-order valence-corrected chi connectivity index (χ3v) is 2.91. The third-order valence-electron chi connectivity index (χ3n) is 1.99. The second-order valence-electron chi connectivity index (χ2n) is 3.13. The van der Waals surface area contributed by atoms with Gasteiger partial charge in [-0.1, -0.05) is 27.5 Å². The lowest BCUT2D eigenvalue weighted by molar-refractivity contribution is -0.137. The number of benzene rings is 1.